The van der Waals surface area contributed by atoms with Crippen molar-refractivity contribution >= 4 is 28.9 Å². The molecule has 0 unspecified atom stereocenters. The summed E-state index contributed by atoms with van der Waals surface area (Å²) in [6.07, 6.45) is -4.59. The highest BCUT2D eigenvalue weighted by atomic mass is 35.5. The second-order valence-corrected chi connectivity index (χ2v) is 5.20. The van der Waals surface area contributed by atoms with E-state index in [1.807, 2.05) is 0 Å². The lowest BCUT2D eigenvalue weighted by molar-refractivity contribution is -0.137. The predicted octanol–water partition coefficient (Wildman–Crippen LogP) is 4.42. The Morgan fingerprint density at radius 1 is 1.21 bits per heavy atom. The quantitative estimate of drug-likeness (QED) is 0.832. The minimum Gasteiger partial charge on any atom is -0.495 e. The van der Waals surface area contributed by atoms with E-state index in [1.165, 1.54) is 13.2 Å². The molecule has 0 aliphatic carbocycles. The molecule has 4 nitrogen and oxygen atoms in total. The Morgan fingerprint density at radius 2 is 1.92 bits per heavy atom. The summed E-state index contributed by atoms with van der Waals surface area (Å²) in [6, 6.07) is 10.2. The molecule has 0 aromatic heterocycles. The SMILES string of the molecule is COc1ccccc1NCC(=O)Nc1ccc(Cl)c(C(F)(F)F)c1. The van der Waals surface area contributed by atoms with Crippen LogP contribution in [0, 0.1) is 0 Å². The lowest BCUT2D eigenvalue weighted by Gasteiger charge is -2.13. The molecule has 2 aromatic rings. The molecule has 1 amide bonds. The molecule has 0 aliphatic rings. The van der Waals surface area contributed by atoms with Gasteiger partial charge in [-0.2, -0.15) is 13.2 Å². The number of nitrogens with one attached hydrogen (secondary N) is 2. The molecule has 0 atom stereocenters. The van der Waals surface area contributed by atoms with Crippen molar-refractivity contribution < 1.29 is 22.7 Å². The van der Waals surface area contributed by atoms with Gasteiger partial charge in [-0.25, -0.2) is 0 Å². The summed E-state index contributed by atoms with van der Waals surface area (Å²) in [5.74, 6) is 0.0486. The lowest BCUT2D eigenvalue weighted by atomic mass is 10.2. The maximum atomic E-state index is 12.8. The molecule has 0 saturated heterocycles. The van der Waals surface area contributed by atoms with Crippen LogP contribution in [0.2, 0.25) is 5.02 Å². The molecule has 8 heteroatoms. The summed E-state index contributed by atoms with van der Waals surface area (Å²) >= 11 is 5.53. The number of methoxy groups -OCH3 is 1. The molecule has 128 valence electrons. The maximum absolute atomic E-state index is 12.8. The normalized spacial score (nSPS) is 11.0. The number of anilines is 2. The molecule has 0 spiro atoms. The molecule has 0 fully saturated rings. The molecular weight excluding hydrogens is 345 g/mol. The Balaban J connectivity index is 2.03. The number of hydrogen-bond acceptors (Lipinski definition) is 3. The van der Waals surface area contributed by atoms with E-state index in [0.29, 0.717) is 11.4 Å². The zero-order valence-electron chi connectivity index (χ0n) is 12.6. The van der Waals surface area contributed by atoms with Crippen molar-refractivity contribution in [1.29, 1.82) is 0 Å². The first-order chi connectivity index (χ1) is 11.3. The van der Waals surface area contributed by atoms with Crippen LogP contribution in [0.4, 0.5) is 24.5 Å². The number of ether oxygens (including phenoxy) is 1. The van der Waals surface area contributed by atoms with E-state index in [9.17, 15) is 18.0 Å². The average Bonchev–Trinajstić information content (AvgIpc) is 2.54. The van der Waals surface area contributed by atoms with Crippen molar-refractivity contribution in [2.24, 2.45) is 0 Å². The second-order valence-electron chi connectivity index (χ2n) is 4.79. The van der Waals surface area contributed by atoms with E-state index in [-0.39, 0.29) is 12.2 Å². The van der Waals surface area contributed by atoms with E-state index in [0.717, 1.165) is 12.1 Å². The first-order valence-electron chi connectivity index (χ1n) is 6.84. The number of benzene rings is 2. The first kappa shape index (κ1) is 17.9. The van der Waals surface area contributed by atoms with Crippen LogP contribution in [0.15, 0.2) is 42.5 Å². The van der Waals surface area contributed by atoms with E-state index < -0.39 is 22.7 Å². The standard InChI is InChI=1S/C16H14ClF3N2O2/c1-24-14-5-3-2-4-13(14)21-9-15(23)22-10-6-7-12(17)11(8-10)16(18,19)20/h2-8,21H,9H2,1H3,(H,22,23). The summed E-state index contributed by atoms with van der Waals surface area (Å²) in [5, 5.41) is 4.82. The molecular formula is C16H14ClF3N2O2. The second kappa shape index (κ2) is 7.44. The molecule has 0 heterocycles. The minimum atomic E-state index is -4.59. The van der Waals surface area contributed by atoms with Crippen LogP contribution in [0.1, 0.15) is 5.56 Å². The minimum absolute atomic E-state index is 0.0125. The van der Waals surface area contributed by atoms with Crippen LogP contribution >= 0.6 is 11.6 Å². The van der Waals surface area contributed by atoms with Crippen LogP contribution in [0.5, 0.6) is 5.75 Å². The van der Waals surface area contributed by atoms with Crippen LogP contribution < -0.4 is 15.4 Å². The number of hydrogen-bond donors (Lipinski definition) is 2. The Morgan fingerprint density at radius 3 is 2.58 bits per heavy atom. The van der Waals surface area contributed by atoms with E-state index >= 15 is 0 Å². The van der Waals surface area contributed by atoms with Crippen molar-refractivity contribution in [3.63, 3.8) is 0 Å². The van der Waals surface area contributed by atoms with Crippen molar-refractivity contribution in [3.8, 4) is 5.75 Å². The van der Waals surface area contributed by atoms with Gasteiger partial charge < -0.3 is 15.4 Å². The molecule has 0 radical (unpaired) electrons. The van der Waals surface area contributed by atoms with Gasteiger partial charge in [-0.3, -0.25) is 4.79 Å². The van der Waals surface area contributed by atoms with E-state index in [4.69, 9.17) is 16.3 Å². The zero-order valence-corrected chi connectivity index (χ0v) is 13.3. The molecule has 2 aromatic carbocycles. The van der Waals surface area contributed by atoms with Gasteiger partial charge in [0.25, 0.3) is 0 Å². The summed E-state index contributed by atoms with van der Waals surface area (Å²) in [5.41, 5.74) is -0.388. The molecule has 0 bridgehead atoms. The fraction of sp³-hybridized carbons (Fsp3) is 0.188. The van der Waals surface area contributed by atoms with Gasteiger partial charge in [-0.1, -0.05) is 23.7 Å². The molecule has 2 N–H and O–H groups in total. The van der Waals surface area contributed by atoms with Crippen molar-refractivity contribution in [2.75, 3.05) is 24.3 Å². The van der Waals surface area contributed by atoms with Gasteiger partial charge in [0.1, 0.15) is 5.75 Å². The highest BCUT2D eigenvalue weighted by Gasteiger charge is 2.33. The van der Waals surface area contributed by atoms with Crippen LogP contribution in [-0.2, 0) is 11.0 Å². The Labute approximate surface area is 141 Å². The monoisotopic (exact) mass is 358 g/mol. The highest BCUT2D eigenvalue weighted by Crippen LogP contribution is 2.36. The van der Waals surface area contributed by atoms with Gasteiger partial charge in [0.2, 0.25) is 5.91 Å². The molecule has 24 heavy (non-hydrogen) atoms. The average molecular weight is 359 g/mol. The van der Waals surface area contributed by atoms with Gasteiger partial charge in [-0.05, 0) is 30.3 Å². The van der Waals surface area contributed by atoms with Crippen molar-refractivity contribution in [2.45, 2.75) is 6.18 Å². The van der Waals surface area contributed by atoms with Gasteiger partial charge >= 0.3 is 6.18 Å². The summed E-state index contributed by atoms with van der Waals surface area (Å²) in [4.78, 5) is 11.9. The summed E-state index contributed by atoms with van der Waals surface area (Å²) in [7, 11) is 1.49. The number of amides is 1. The van der Waals surface area contributed by atoms with Gasteiger partial charge in [0.15, 0.2) is 0 Å². The summed E-state index contributed by atoms with van der Waals surface area (Å²) < 4.78 is 43.5. The highest BCUT2D eigenvalue weighted by molar-refractivity contribution is 6.31. The van der Waals surface area contributed by atoms with Crippen molar-refractivity contribution in [1.82, 2.24) is 0 Å². The predicted molar refractivity (Wildman–Crippen MR) is 86.6 cm³/mol. The number of carbonyl (C=O) groups excluding carboxylic acids is 1. The van der Waals surface area contributed by atoms with Gasteiger partial charge in [-0.15, -0.1) is 0 Å². The topological polar surface area (TPSA) is 50.4 Å². The number of halogens is 4. The Hall–Kier alpha value is -2.41. The number of carbonyl (C=O) groups is 1. The first-order valence-corrected chi connectivity index (χ1v) is 7.22. The molecule has 2 rings (SSSR count). The molecule has 0 aliphatic heterocycles. The fourth-order valence-electron chi connectivity index (χ4n) is 1.99. The van der Waals surface area contributed by atoms with Crippen LogP contribution in [0.25, 0.3) is 0 Å². The van der Waals surface area contributed by atoms with E-state index in [2.05, 4.69) is 10.6 Å². The van der Waals surface area contributed by atoms with Crippen molar-refractivity contribution in [3.05, 3.63) is 53.1 Å². The molecule has 0 saturated carbocycles. The number of para-hydroxylation sites is 2. The zero-order chi connectivity index (χ0) is 17.7. The van der Waals surface area contributed by atoms with Crippen LogP contribution in [0.3, 0.4) is 0 Å². The number of rotatable bonds is 5. The summed E-state index contributed by atoms with van der Waals surface area (Å²) in [6.45, 7) is -0.135. The van der Waals surface area contributed by atoms with Gasteiger partial charge in [0, 0.05) is 5.69 Å². The maximum Gasteiger partial charge on any atom is 0.417 e. The fourth-order valence-corrected chi connectivity index (χ4v) is 2.22. The number of alkyl halides is 3. The Kier molecular flexibility index (Phi) is 5.56. The third kappa shape index (κ3) is 4.55. The third-order valence-corrected chi connectivity index (χ3v) is 3.43. The van der Waals surface area contributed by atoms with E-state index in [1.54, 1.807) is 24.3 Å². The van der Waals surface area contributed by atoms with Crippen LogP contribution in [-0.4, -0.2) is 19.6 Å². The largest absolute Gasteiger partial charge is 0.495 e. The van der Waals surface area contributed by atoms with Gasteiger partial charge in [0.05, 0.1) is 29.9 Å². The lowest BCUT2D eigenvalue weighted by Crippen LogP contribution is -2.22. The smallest absolute Gasteiger partial charge is 0.417 e. The Bertz CT molecular complexity index is 736. The third-order valence-electron chi connectivity index (χ3n) is 3.10.